The predicted molar refractivity (Wildman–Crippen MR) is 68.7 cm³/mol. The minimum atomic E-state index is 0.550. The van der Waals surface area contributed by atoms with Crippen LogP contribution < -0.4 is 10.6 Å². The summed E-state index contributed by atoms with van der Waals surface area (Å²) < 4.78 is 1.67. The van der Waals surface area contributed by atoms with Crippen LogP contribution in [-0.4, -0.2) is 38.9 Å². The highest BCUT2D eigenvalue weighted by Gasteiger charge is 2.14. The lowest BCUT2D eigenvalue weighted by Gasteiger charge is -2.14. The van der Waals surface area contributed by atoms with E-state index in [2.05, 4.69) is 25.7 Å². The average Bonchev–Trinajstić information content (AvgIpc) is 3.10. The number of anilines is 1. The Bertz CT molecular complexity index is 489. The highest BCUT2D eigenvalue weighted by atomic mass is 15.3. The molecule has 2 aromatic heterocycles. The van der Waals surface area contributed by atoms with Gasteiger partial charge in [0.2, 0.25) is 0 Å². The molecule has 6 nitrogen and oxygen atoms in total. The summed E-state index contributed by atoms with van der Waals surface area (Å²) in [5.74, 6) is 0.785. The first-order valence-electron chi connectivity index (χ1n) is 6.21. The van der Waals surface area contributed by atoms with Gasteiger partial charge in [-0.25, -0.2) is 14.6 Å². The molecule has 1 fully saturated rings. The maximum atomic E-state index is 4.34. The highest BCUT2D eigenvalue weighted by molar-refractivity contribution is 5.56. The molecule has 1 saturated heterocycles. The largest absolute Gasteiger partial charge is 0.380 e. The molecule has 0 bridgehead atoms. The fraction of sp³-hybridized carbons (Fsp3) is 0.417. The van der Waals surface area contributed by atoms with Crippen LogP contribution in [0.25, 0.3) is 5.82 Å². The van der Waals surface area contributed by atoms with E-state index in [1.807, 2.05) is 12.1 Å². The van der Waals surface area contributed by atoms with Gasteiger partial charge in [-0.2, -0.15) is 5.10 Å². The lowest BCUT2D eigenvalue weighted by Crippen LogP contribution is -2.29. The fourth-order valence-electron chi connectivity index (χ4n) is 2.20. The number of rotatable bonds is 4. The van der Waals surface area contributed by atoms with Gasteiger partial charge in [0.25, 0.3) is 0 Å². The van der Waals surface area contributed by atoms with E-state index in [4.69, 9.17) is 0 Å². The van der Waals surface area contributed by atoms with Gasteiger partial charge in [0, 0.05) is 18.8 Å². The molecule has 1 unspecified atom stereocenters. The van der Waals surface area contributed by atoms with Crippen LogP contribution in [0.2, 0.25) is 0 Å². The lowest BCUT2D eigenvalue weighted by atomic mass is 10.2. The molecular formula is C12H16N6. The molecule has 18 heavy (non-hydrogen) atoms. The van der Waals surface area contributed by atoms with Gasteiger partial charge >= 0.3 is 0 Å². The zero-order valence-corrected chi connectivity index (χ0v) is 10.1. The van der Waals surface area contributed by atoms with E-state index < -0.39 is 0 Å². The Balaban J connectivity index is 1.75. The summed E-state index contributed by atoms with van der Waals surface area (Å²) in [7, 11) is 0. The van der Waals surface area contributed by atoms with Crippen LogP contribution >= 0.6 is 0 Å². The number of aromatic nitrogens is 4. The van der Waals surface area contributed by atoms with Gasteiger partial charge in [-0.3, -0.25) is 0 Å². The second-order valence-corrected chi connectivity index (χ2v) is 4.39. The van der Waals surface area contributed by atoms with Gasteiger partial charge in [-0.15, -0.1) is 0 Å². The molecule has 0 radical (unpaired) electrons. The molecule has 2 N–H and O–H groups in total. The van der Waals surface area contributed by atoms with E-state index >= 15 is 0 Å². The third-order valence-electron chi connectivity index (χ3n) is 3.12. The average molecular weight is 244 g/mol. The molecule has 0 aliphatic carbocycles. The maximum absolute atomic E-state index is 4.34. The van der Waals surface area contributed by atoms with Gasteiger partial charge < -0.3 is 10.6 Å². The van der Waals surface area contributed by atoms with Crippen LogP contribution in [0, 0.1) is 0 Å². The van der Waals surface area contributed by atoms with Crippen LogP contribution in [0.1, 0.15) is 12.8 Å². The predicted octanol–water partition coefficient (Wildman–Crippen LogP) is 0.826. The summed E-state index contributed by atoms with van der Waals surface area (Å²) in [6.45, 7) is 2.03. The first-order valence-corrected chi connectivity index (χ1v) is 6.21. The molecule has 1 aliphatic heterocycles. The highest BCUT2D eigenvalue weighted by Crippen LogP contribution is 2.16. The Morgan fingerprint density at radius 2 is 2.50 bits per heavy atom. The van der Waals surface area contributed by atoms with Gasteiger partial charge in [-0.1, -0.05) is 0 Å². The van der Waals surface area contributed by atoms with Gasteiger partial charge in [-0.05, 0) is 31.5 Å². The van der Waals surface area contributed by atoms with Crippen molar-refractivity contribution < 1.29 is 0 Å². The lowest BCUT2D eigenvalue weighted by molar-refractivity contribution is 0.633. The summed E-state index contributed by atoms with van der Waals surface area (Å²) in [4.78, 5) is 8.29. The van der Waals surface area contributed by atoms with Crippen LogP contribution in [0.3, 0.4) is 0 Å². The quantitative estimate of drug-likeness (QED) is 0.833. The molecule has 0 amide bonds. The molecule has 0 saturated carbocycles. The third-order valence-corrected chi connectivity index (χ3v) is 3.12. The molecule has 3 heterocycles. The van der Waals surface area contributed by atoms with E-state index in [0.29, 0.717) is 6.04 Å². The smallest absolute Gasteiger partial charge is 0.178 e. The minimum Gasteiger partial charge on any atom is -0.380 e. The number of nitrogens with zero attached hydrogens (tertiary/aromatic N) is 4. The Labute approximate surface area is 105 Å². The van der Waals surface area contributed by atoms with Crippen molar-refractivity contribution in [3.8, 4) is 5.82 Å². The van der Waals surface area contributed by atoms with Gasteiger partial charge in [0.1, 0.15) is 12.7 Å². The normalized spacial score (nSPS) is 19.0. The molecule has 94 valence electrons. The molecule has 3 rings (SSSR count). The van der Waals surface area contributed by atoms with E-state index in [0.717, 1.165) is 24.6 Å². The zero-order valence-electron chi connectivity index (χ0n) is 10.1. The second kappa shape index (κ2) is 5.14. The van der Waals surface area contributed by atoms with Crippen molar-refractivity contribution in [3.05, 3.63) is 31.0 Å². The summed E-state index contributed by atoms with van der Waals surface area (Å²) in [5, 5.41) is 11.0. The van der Waals surface area contributed by atoms with Crippen molar-refractivity contribution in [1.82, 2.24) is 25.1 Å². The molecular weight excluding hydrogens is 228 g/mol. The SMILES string of the molecule is c1cnc(-n2cncn2)c(NCC2CCCN2)c1. The van der Waals surface area contributed by atoms with Crippen molar-refractivity contribution in [2.24, 2.45) is 0 Å². The number of hydrogen-bond acceptors (Lipinski definition) is 5. The molecule has 2 aromatic rings. The van der Waals surface area contributed by atoms with Crippen molar-refractivity contribution in [2.45, 2.75) is 18.9 Å². The fourth-order valence-corrected chi connectivity index (χ4v) is 2.20. The molecule has 1 aliphatic rings. The summed E-state index contributed by atoms with van der Waals surface area (Å²) in [6, 6.07) is 4.48. The number of nitrogens with one attached hydrogen (secondary N) is 2. The molecule has 1 atom stereocenters. The van der Waals surface area contributed by atoms with Gasteiger partial charge in [0.05, 0.1) is 5.69 Å². The van der Waals surface area contributed by atoms with Gasteiger partial charge in [0.15, 0.2) is 5.82 Å². The minimum absolute atomic E-state index is 0.550. The standard InChI is InChI=1S/C12H16N6/c1-3-10(14-5-1)7-16-11-4-2-6-15-12(11)18-9-13-8-17-18/h2,4,6,8-10,14,16H,1,3,5,7H2. The summed E-state index contributed by atoms with van der Waals surface area (Å²) in [5.41, 5.74) is 0.983. The molecule has 0 spiro atoms. The topological polar surface area (TPSA) is 67.7 Å². The van der Waals surface area contributed by atoms with Crippen molar-refractivity contribution in [3.63, 3.8) is 0 Å². The third kappa shape index (κ3) is 2.33. The Morgan fingerprint density at radius 3 is 3.28 bits per heavy atom. The Hall–Kier alpha value is -1.95. The van der Waals surface area contributed by atoms with E-state index in [9.17, 15) is 0 Å². The van der Waals surface area contributed by atoms with E-state index in [-0.39, 0.29) is 0 Å². The monoisotopic (exact) mass is 244 g/mol. The summed E-state index contributed by atoms with van der Waals surface area (Å²) in [6.07, 6.45) is 7.41. The van der Waals surface area contributed by atoms with Crippen molar-refractivity contribution >= 4 is 5.69 Å². The maximum Gasteiger partial charge on any atom is 0.178 e. The van der Waals surface area contributed by atoms with Crippen LogP contribution in [0.15, 0.2) is 31.0 Å². The van der Waals surface area contributed by atoms with Crippen molar-refractivity contribution in [2.75, 3.05) is 18.4 Å². The zero-order chi connectivity index (χ0) is 12.2. The van der Waals surface area contributed by atoms with E-state index in [1.165, 1.54) is 19.2 Å². The number of hydrogen-bond donors (Lipinski definition) is 2. The number of pyridine rings is 1. The Morgan fingerprint density at radius 1 is 1.50 bits per heavy atom. The van der Waals surface area contributed by atoms with Crippen molar-refractivity contribution in [1.29, 1.82) is 0 Å². The van der Waals surface area contributed by atoms with Crippen LogP contribution in [0.4, 0.5) is 5.69 Å². The first-order chi connectivity index (χ1) is 8.93. The van der Waals surface area contributed by atoms with Crippen LogP contribution in [0.5, 0.6) is 0 Å². The first kappa shape index (κ1) is 11.2. The summed E-state index contributed by atoms with van der Waals surface area (Å²) >= 11 is 0. The van der Waals surface area contributed by atoms with E-state index in [1.54, 1.807) is 17.2 Å². The van der Waals surface area contributed by atoms with Crippen LogP contribution in [-0.2, 0) is 0 Å². The molecule has 0 aromatic carbocycles. The Kier molecular flexibility index (Phi) is 3.18. The molecule has 6 heteroatoms. The second-order valence-electron chi connectivity index (χ2n) is 4.39.